The molecule has 0 saturated heterocycles. The Hall–Kier alpha value is -0.310. The van der Waals surface area contributed by atoms with Gasteiger partial charge in [0.05, 0.1) is 7.11 Å². The first-order valence-corrected chi connectivity index (χ1v) is 6.36. The molecule has 2 nitrogen and oxygen atoms in total. The Bertz CT molecular complexity index is 190. The van der Waals surface area contributed by atoms with Gasteiger partial charge in [0.2, 0.25) is 0 Å². The van der Waals surface area contributed by atoms with Gasteiger partial charge in [0, 0.05) is 6.42 Å². The molecule has 0 aromatic carbocycles. The van der Waals surface area contributed by atoms with Crippen LogP contribution in [-0.4, -0.2) is 13.1 Å². The van der Waals surface area contributed by atoms with Gasteiger partial charge in [-0.2, -0.15) is 0 Å². The van der Waals surface area contributed by atoms with Crippen molar-refractivity contribution >= 4 is 21.9 Å². The fourth-order valence-electron chi connectivity index (χ4n) is 1.40. The Morgan fingerprint density at radius 2 is 1.53 bits per heavy atom. The van der Waals surface area contributed by atoms with Crippen LogP contribution in [0.15, 0.2) is 11.1 Å². The van der Waals surface area contributed by atoms with Crippen molar-refractivity contribution in [2.24, 2.45) is 0 Å². The normalized spacial score (nSPS) is 10.0. The number of halogens is 1. The third-order valence-corrected chi connectivity index (χ3v) is 2.70. The Labute approximate surface area is 101 Å². The molecule has 15 heavy (non-hydrogen) atoms. The van der Waals surface area contributed by atoms with Crippen LogP contribution in [-0.2, 0) is 9.53 Å². The van der Waals surface area contributed by atoms with Crippen molar-refractivity contribution in [3.05, 3.63) is 11.1 Å². The van der Waals surface area contributed by atoms with Crippen LogP contribution >= 0.6 is 15.9 Å². The first-order chi connectivity index (χ1) is 7.16. The molecule has 3 heteroatoms. The molecule has 0 bridgehead atoms. The van der Waals surface area contributed by atoms with Crippen molar-refractivity contribution in [1.29, 1.82) is 0 Å². The van der Waals surface area contributed by atoms with E-state index in [0.717, 1.165) is 23.7 Å². The second kappa shape index (κ2) is 10.2. The van der Waals surface area contributed by atoms with E-state index >= 15 is 0 Å². The van der Waals surface area contributed by atoms with Crippen molar-refractivity contribution in [2.75, 3.05) is 7.11 Å². The van der Waals surface area contributed by atoms with E-state index in [1.54, 1.807) is 0 Å². The Balaban J connectivity index is 3.05. The number of rotatable bonds is 9. The fourth-order valence-corrected chi connectivity index (χ4v) is 1.68. The van der Waals surface area contributed by atoms with Crippen LogP contribution < -0.4 is 0 Å². The van der Waals surface area contributed by atoms with Crippen LogP contribution in [0.2, 0.25) is 0 Å². The van der Waals surface area contributed by atoms with E-state index in [4.69, 9.17) is 0 Å². The number of allylic oxidation sites excluding steroid dienone is 1. The van der Waals surface area contributed by atoms with Gasteiger partial charge in [-0.1, -0.05) is 48.2 Å². The summed E-state index contributed by atoms with van der Waals surface area (Å²) in [5.41, 5.74) is 0. The average Bonchev–Trinajstić information content (AvgIpc) is 2.21. The molecule has 0 aliphatic heterocycles. The summed E-state index contributed by atoms with van der Waals surface area (Å²) in [5.74, 6) is -0.0920. The molecule has 0 fully saturated rings. The molecular formula is C12H21BrO2. The largest absolute Gasteiger partial charge is 0.469 e. The van der Waals surface area contributed by atoms with Crippen molar-refractivity contribution in [3.8, 4) is 0 Å². The lowest BCUT2D eigenvalue weighted by molar-refractivity contribution is -0.140. The summed E-state index contributed by atoms with van der Waals surface area (Å²) in [4.78, 5) is 10.8. The zero-order valence-electron chi connectivity index (χ0n) is 9.56. The molecule has 0 spiro atoms. The molecule has 0 radical (unpaired) electrons. The monoisotopic (exact) mass is 276 g/mol. The summed E-state index contributed by atoms with van der Waals surface area (Å²) < 4.78 is 5.66. The van der Waals surface area contributed by atoms with E-state index in [1.165, 1.54) is 32.8 Å². The summed E-state index contributed by atoms with van der Waals surface area (Å²) in [6.45, 7) is 3.80. The highest BCUT2D eigenvalue weighted by molar-refractivity contribution is 9.11. The van der Waals surface area contributed by atoms with Gasteiger partial charge in [0.25, 0.3) is 0 Å². The number of carbonyl (C=O) groups excluding carboxylic acids is 1. The molecule has 0 aromatic heterocycles. The minimum Gasteiger partial charge on any atom is -0.469 e. The lowest BCUT2D eigenvalue weighted by Crippen LogP contribution is -1.99. The van der Waals surface area contributed by atoms with Crippen molar-refractivity contribution < 1.29 is 9.53 Å². The molecule has 0 unspecified atom stereocenters. The molecule has 0 saturated carbocycles. The number of hydrogen-bond donors (Lipinski definition) is 0. The zero-order chi connectivity index (χ0) is 11.5. The molecule has 0 aromatic rings. The van der Waals surface area contributed by atoms with Gasteiger partial charge in [-0.3, -0.25) is 4.79 Å². The molecular weight excluding hydrogens is 256 g/mol. The molecule has 0 aliphatic rings. The number of esters is 1. The van der Waals surface area contributed by atoms with Crippen LogP contribution in [0.3, 0.4) is 0 Å². The van der Waals surface area contributed by atoms with E-state index in [0.29, 0.717) is 6.42 Å². The summed E-state index contributed by atoms with van der Waals surface area (Å²) in [6, 6.07) is 0. The van der Waals surface area contributed by atoms with Crippen LogP contribution in [0, 0.1) is 0 Å². The van der Waals surface area contributed by atoms with Crippen molar-refractivity contribution in [2.45, 2.75) is 51.4 Å². The first-order valence-electron chi connectivity index (χ1n) is 5.57. The van der Waals surface area contributed by atoms with E-state index in [2.05, 4.69) is 27.2 Å². The first kappa shape index (κ1) is 14.7. The topological polar surface area (TPSA) is 26.3 Å². The van der Waals surface area contributed by atoms with Gasteiger partial charge in [-0.05, 0) is 23.7 Å². The van der Waals surface area contributed by atoms with E-state index in [1.807, 2.05) is 0 Å². The quantitative estimate of drug-likeness (QED) is 0.466. The third-order valence-electron chi connectivity index (χ3n) is 2.31. The smallest absolute Gasteiger partial charge is 0.305 e. The summed E-state index contributed by atoms with van der Waals surface area (Å²) in [7, 11) is 1.44. The third kappa shape index (κ3) is 11.6. The minimum atomic E-state index is -0.0920. The van der Waals surface area contributed by atoms with Gasteiger partial charge in [0.1, 0.15) is 0 Å². The second-order valence-electron chi connectivity index (χ2n) is 3.71. The van der Waals surface area contributed by atoms with E-state index in [9.17, 15) is 4.79 Å². The zero-order valence-corrected chi connectivity index (χ0v) is 11.1. The molecule has 0 N–H and O–H groups in total. The van der Waals surface area contributed by atoms with Gasteiger partial charge >= 0.3 is 5.97 Å². The van der Waals surface area contributed by atoms with E-state index in [-0.39, 0.29) is 5.97 Å². The van der Waals surface area contributed by atoms with E-state index < -0.39 is 0 Å². The van der Waals surface area contributed by atoms with Crippen molar-refractivity contribution in [1.82, 2.24) is 0 Å². The molecule has 88 valence electrons. The maximum atomic E-state index is 10.8. The maximum Gasteiger partial charge on any atom is 0.305 e. The molecule has 0 rings (SSSR count). The highest BCUT2D eigenvalue weighted by Gasteiger charge is 1.98. The highest BCUT2D eigenvalue weighted by atomic mass is 79.9. The van der Waals surface area contributed by atoms with Crippen LogP contribution in [0.1, 0.15) is 51.4 Å². The molecule has 0 atom stereocenters. The summed E-state index contributed by atoms with van der Waals surface area (Å²) in [5, 5.41) is 0. The summed E-state index contributed by atoms with van der Waals surface area (Å²) in [6.07, 6.45) is 8.65. The highest BCUT2D eigenvalue weighted by Crippen LogP contribution is 2.14. The number of unbranched alkanes of at least 4 members (excludes halogenated alkanes) is 5. The maximum absolute atomic E-state index is 10.8. The lowest BCUT2D eigenvalue weighted by atomic mass is 10.1. The average molecular weight is 277 g/mol. The van der Waals surface area contributed by atoms with Gasteiger partial charge in [-0.15, -0.1) is 0 Å². The van der Waals surface area contributed by atoms with Gasteiger partial charge in [0.15, 0.2) is 0 Å². The fraction of sp³-hybridized carbons (Fsp3) is 0.750. The number of carbonyl (C=O) groups is 1. The molecule has 0 aliphatic carbocycles. The lowest BCUT2D eigenvalue weighted by Gasteiger charge is -2.01. The van der Waals surface area contributed by atoms with Crippen LogP contribution in [0.5, 0.6) is 0 Å². The number of methoxy groups -OCH3 is 1. The minimum absolute atomic E-state index is 0.0920. The Kier molecular flexibility index (Phi) is 10.0. The van der Waals surface area contributed by atoms with Crippen molar-refractivity contribution in [3.63, 3.8) is 0 Å². The van der Waals surface area contributed by atoms with Crippen LogP contribution in [0.4, 0.5) is 0 Å². The standard InChI is InChI=1S/C12H21BrO2/c1-11(13)9-7-5-3-4-6-8-10-12(14)15-2/h1,3-10H2,2H3. The number of hydrogen-bond acceptors (Lipinski definition) is 2. The van der Waals surface area contributed by atoms with Gasteiger partial charge < -0.3 is 4.74 Å². The molecule has 0 amide bonds. The van der Waals surface area contributed by atoms with Crippen LogP contribution in [0.25, 0.3) is 0 Å². The summed E-state index contributed by atoms with van der Waals surface area (Å²) >= 11 is 3.35. The second-order valence-corrected chi connectivity index (χ2v) is 4.84. The predicted molar refractivity (Wildman–Crippen MR) is 67.0 cm³/mol. The molecule has 0 heterocycles. The van der Waals surface area contributed by atoms with Gasteiger partial charge in [-0.25, -0.2) is 0 Å². The predicted octanol–water partition coefficient (Wildman–Crippen LogP) is 4.19. The SMILES string of the molecule is C=C(Br)CCCCCCCCC(=O)OC. The Morgan fingerprint density at radius 1 is 1.07 bits per heavy atom. The number of ether oxygens (including phenoxy) is 1. The Morgan fingerprint density at radius 3 is 2.00 bits per heavy atom.